The minimum absolute atomic E-state index is 0.166. The van der Waals surface area contributed by atoms with Gasteiger partial charge >= 0.3 is 0 Å². The van der Waals surface area contributed by atoms with Crippen molar-refractivity contribution in [3.63, 3.8) is 0 Å². The first kappa shape index (κ1) is 8.76. The fourth-order valence-corrected chi connectivity index (χ4v) is 1.91. The van der Waals surface area contributed by atoms with E-state index < -0.39 is 0 Å². The molecule has 2 heteroatoms. The van der Waals surface area contributed by atoms with Gasteiger partial charge in [-0.05, 0) is 41.7 Å². The first-order valence-corrected chi connectivity index (χ1v) is 4.88. The minimum Gasteiger partial charge on any atom is -0.207 e. The van der Waals surface area contributed by atoms with Crippen LogP contribution in [0.2, 0.25) is 0 Å². The molecule has 1 aromatic rings. The molecule has 0 saturated carbocycles. The second kappa shape index (κ2) is 3.51. The summed E-state index contributed by atoms with van der Waals surface area (Å²) in [7, 11) is 0. The molecule has 0 bridgehead atoms. The number of allylic oxidation sites excluding steroid dienone is 2. The van der Waals surface area contributed by atoms with Crippen LogP contribution in [0, 0.1) is 5.82 Å². The Morgan fingerprint density at radius 2 is 2.23 bits per heavy atom. The molecule has 0 radical (unpaired) electrons. The molecular weight excluding hydrogens is 187 g/mol. The largest absolute Gasteiger partial charge is 0.207 e. The number of halogens is 2. The Morgan fingerprint density at radius 3 is 3.00 bits per heavy atom. The third kappa shape index (κ3) is 1.61. The van der Waals surface area contributed by atoms with Gasteiger partial charge in [-0.15, -0.1) is 11.6 Å². The molecule has 0 nitrogen and oxygen atoms in total. The van der Waals surface area contributed by atoms with Crippen molar-refractivity contribution in [3.05, 3.63) is 41.2 Å². The van der Waals surface area contributed by atoms with Crippen molar-refractivity contribution in [1.29, 1.82) is 0 Å². The molecule has 0 N–H and O–H groups in total. The van der Waals surface area contributed by atoms with Gasteiger partial charge in [0, 0.05) is 5.88 Å². The summed E-state index contributed by atoms with van der Waals surface area (Å²) in [4.78, 5) is 0. The third-order valence-corrected chi connectivity index (χ3v) is 2.54. The van der Waals surface area contributed by atoms with Crippen molar-refractivity contribution in [2.45, 2.75) is 12.8 Å². The first-order valence-electron chi connectivity index (χ1n) is 4.35. The summed E-state index contributed by atoms with van der Waals surface area (Å²) in [6.07, 6.45) is 3.88. The Balaban J connectivity index is 2.36. The van der Waals surface area contributed by atoms with Gasteiger partial charge in [0.1, 0.15) is 5.82 Å². The molecule has 0 amide bonds. The maximum atomic E-state index is 12.9. The molecule has 1 aromatic carbocycles. The molecule has 0 saturated heterocycles. The lowest BCUT2D eigenvalue weighted by atomic mass is 10.0. The Morgan fingerprint density at radius 1 is 1.38 bits per heavy atom. The lowest BCUT2D eigenvalue weighted by Gasteiger charge is -2.03. The molecule has 0 heterocycles. The summed E-state index contributed by atoms with van der Waals surface area (Å²) in [5.41, 5.74) is 3.44. The van der Waals surface area contributed by atoms with Crippen molar-refractivity contribution < 1.29 is 4.39 Å². The van der Waals surface area contributed by atoms with Gasteiger partial charge in [-0.1, -0.05) is 12.1 Å². The molecule has 0 atom stereocenters. The zero-order valence-electron chi connectivity index (χ0n) is 7.19. The van der Waals surface area contributed by atoms with Gasteiger partial charge in [-0.3, -0.25) is 0 Å². The van der Waals surface area contributed by atoms with E-state index in [9.17, 15) is 4.39 Å². The van der Waals surface area contributed by atoms with Crippen molar-refractivity contribution in [2.75, 3.05) is 5.88 Å². The van der Waals surface area contributed by atoms with Crippen LogP contribution in [0.15, 0.2) is 24.3 Å². The van der Waals surface area contributed by atoms with Crippen LogP contribution >= 0.6 is 11.6 Å². The van der Waals surface area contributed by atoms with Gasteiger partial charge in [0.25, 0.3) is 0 Å². The molecule has 2 rings (SSSR count). The molecular formula is C11H10ClF. The average Bonchev–Trinajstić information content (AvgIpc) is 2.49. The minimum atomic E-state index is -0.166. The van der Waals surface area contributed by atoms with E-state index in [-0.39, 0.29) is 5.82 Å². The van der Waals surface area contributed by atoms with E-state index in [4.69, 9.17) is 11.6 Å². The predicted molar refractivity (Wildman–Crippen MR) is 53.4 cm³/mol. The molecule has 0 spiro atoms. The van der Waals surface area contributed by atoms with Gasteiger partial charge in [-0.25, -0.2) is 4.39 Å². The number of hydrogen-bond acceptors (Lipinski definition) is 0. The topological polar surface area (TPSA) is 0 Å². The standard InChI is InChI=1S/C11H10ClF/c12-6-5-9-2-1-8-3-4-10(13)7-11(8)9/h2-4,7H,1,5-6H2. The quantitative estimate of drug-likeness (QED) is 0.636. The molecule has 13 heavy (non-hydrogen) atoms. The predicted octanol–water partition coefficient (Wildman–Crippen LogP) is 3.39. The second-order valence-electron chi connectivity index (χ2n) is 3.17. The SMILES string of the molecule is Fc1ccc2c(c1)C(CCCl)=CC2. The van der Waals surface area contributed by atoms with Crippen molar-refractivity contribution in [3.8, 4) is 0 Å². The molecule has 68 valence electrons. The summed E-state index contributed by atoms with van der Waals surface area (Å²) in [5.74, 6) is 0.433. The van der Waals surface area contributed by atoms with Crippen LogP contribution in [-0.2, 0) is 6.42 Å². The lowest BCUT2D eigenvalue weighted by molar-refractivity contribution is 0.627. The smallest absolute Gasteiger partial charge is 0.123 e. The van der Waals surface area contributed by atoms with Gasteiger partial charge < -0.3 is 0 Å². The van der Waals surface area contributed by atoms with E-state index in [0.717, 1.165) is 18.4 Å². The number of benzene rings is 1. The monoisotopic (exact) mass is 196 g/mol. The van der Waals surface area contributed by atoms with Crippen LogP contribution < -0.4 is 0 Å². The fourth-order valence-electron chi connectivity index (χ4n) is 1.71. The summed E-state index contributed by atoms with van der Waals surface area (Å²) >= 11 is 5.65. The number of hydrogen-bond donors (Lipinski definition) is 0. The highest BCUT2D eigenvalue weighted by atomic mass is 35.5. The molecule has 0 unspecified atom stereocenters. The van der Waals surface area contributed by atoms with Crippen LogP contribution in [0.25, 0.3) is 5.57 Å². The van der Waals surface area contributed by atoms with E-state index in [0.29, 0.717) is 5.88 Å². The van der Waals surface area contributed by atoms with E-state index in [2.05, 4.69) is 6.08 Å². The average molecular weight is 197 g/mol. The summed E-state index contributed by atoms with van der Waals surface area (Å²) in [6, 6.07) is 4.96. The third-order valence-electron chi connectivity index (χ3n) is 2.35. The van der Waals surface area contributed by atoms with E-state index in [1.165, 1.54) is 17.2 Å². The highest BCUT2D eigenvalue weighted by molar-refractivity contribution is 6.18. The van der Waals surface area contributed by atoms with E-state index >= 15 is 0 Å². The fraction of sp³-hybridized carbons (Fsp3) is 0.273. The first-order chi connectivity index (χ1) is 6.31. The molecule has 1 aliphatic rings. The van der Waals surface area contributed by atoms with Crippen LogP contribution in [0.5, 0.6) is 0 Å². The second-order valence-corrected chi connectivity index (χ2v) is 3.55. The molecule has 0 aliphatic heterocycles. The van der Waals surface area contributed by atoms with Crippen molar-refractivity contribution in [2.24, 2.45) is 0 Å². The number of rotatable bonds is 2. The maximum Gasteiger partial charge on any atom is 0.123 e. The van der Waals surface area contributed by atoms with Gasteiger partial charge in [-0.2, -0.15) is 0 Å². The molecule has 0 aromatic heterocycles. The Hall–Kier alpha value is -0.820. The summed E-state index contributed by atoms with van der Waals surface area (Å²) in [6.45, 7) is 0. The van der Waals surface area contributed by atoms with E-state index in [1.54, 1.807) is 6.07 Å². The Labute approximate surface area is 82.0 Å². The molecule has 1 aliphatic carbocycles. The van der Waals surface area contributed by atoms with Crippen molar-refractivity contribution >= 4 is 17.2 Å². The highest BCUT2D eigenvalue weighted by Crippen LogP contribution is 2.30. The zero-order chi connectivity index (χ0) is 9.26. The summed E-state index contributed by atoms with van der Waals surface area (Å²) < 4.78 is 12.9. The number of alkyl halides is 1. The Bertz CT molecular complexity index is 355. The van der Waals surface area contributed by atoms with Gasteiger partial charge in [0.15, 0.2) is 0 Å². The van der Waals surface area contributed by atoms with Crippen LogP contribution in [0.3, 0.4) is 0 Å². The summed E-state index contributed by atoms with van der Waals surface area (Å²) in [5, 5.41) is 0. The van der Waals surface area contributed by atoms with Crippen LogP contribution in [0.1, 0.15) is 17.5 Å². The number of fused-ring (bicyclic) bond motifs is 1. The lowest BCUT2D eigenvalue weighted by Crippen LogP contribution is -1.87. The normalized spacial score (nSPS) is 14.2. The van der Waals surface area contributed by atoms with Gasteiger partial charge in [0.2, 0.25) is 0 Å². The van der Waals surface area contributed by atoms with Crippen LogP contribution in [-0.4, -0.2) is 5.88 Å². The zero-order valence-corrected chi connectivity index (χ0v) is 7.94. The van der Waals surface area contributed by atoms with Crippen molar-refractivity contribution in [1.82, 2.24) is 0 Å². The van der Waals surface area contributed by atoms with Crippen LogP contribution in [0.4, 0.5) is 4.39 Å². The maximum absolute atomic E-state index is 12.9. The van der Waals surface area contributed by atoms with Gasteiger partial charge in [0.05, 0.1) is 0 Å². The van der Waals surface area contributed by atoms with E-state index in [1.807, 2.05) is 6.07 Å². The Kier molecular flexibility index (Phi) is 2.36. The molecule has 0 fully saturated rings. The highest BCUT2D eigenvalue weighted by Gasteiger charge is 2.13.